The predicted octanol–water partition coefficient (Wildman–Crippen LogP) is 4.52. The Balaban J connectivity index is 2.59. The van der Waals surface area contributed by atoms with Crippen molar-refractivity contribution in [2.24, 2.45) is 5.92 Å². The van der Waals surface area contributed by atoms with Crippen LogP contribution in [0.5, 0.6) is 0 Å². The molecule has 0 saturated heterocycles. The van der Waals surface area contributed by atoms with E-state index >= 15 is 0 Å². The minimum Gasteiger partial charge on any atom is -0.463 e. The Morgan fingerprint density at radius 2 is 1.80 bits per heavy atom. The Hall–Kier alpha value is -0.353. The van der Waals surface area contributed by atoms with Crippen LogP contribution in [-0.2, 0) is 14.0 Å². The molecule has 3 nitrogen and oxygen atoms in total. The first-order valence-corrected chi connectivity index (χ1v) is 10.8. The first-order chi connectivity index (χ1) is 9.03. The Kier molecular flexibility index (Phi) is 5.85. The van der Waals surface area contributed by atoms with E-state index in [2.05, 4.69) is 33.9 Å². The summed E-state index contributed by atoms with van der Waals surface area (Å²) in [4.78, 5) is 12.1. The number of hydrogen-bond acceptors (Lipinski definition) is 3. The summed E-state index contributed by atoms with van der Waals surface area (Å²) in [5, 5.41) is 0.221. The van der Waals surface area contributed by atoms with E-state index in [1.165, 1.54) is 0 Å². The monoisotopic (exact) mass is 300 g/mol. The fraction of sp³-hybridized carbons (Fsp3) is 0.938. The maximum atomic E-state index is 12.1. The van der Waals surface area contributed by atoms with Gasteiger partial charge in [0, 0.05) is 6.10 Å². The lowest BCUT2D eigenvalue weighted by molar-refractivity contribution is -0.154. The van der Waals surface area contributed by atoms with Crippen LogP contribution in [-0.4, -0.2) is 26.5 Å². The molecule has 1 rings (SSSR count). The molecular formula is C16H32O3Si. The Morgan fingerprint density at radius 3 is 2.30 bits per heavy atom. The van der Waals surface area contributed by atoms with Crippen molar-refractivity contribution in [3.05, 3.63) is 0 Å². The topological polar surface area (TPSA) is 35.5 Å². The van der Waals surface area contributed by atoms with E-state index in [1.54, 1.807) is 0 Å². The fourth-order valence-electron chi connectivity index (χ4n) is 2.39. The molecule has 1 aliphatic carbocycles. The minimum absolute atomic E-state index is 0.0239. The number of carbonyl (C=O) groups is 1. The van der Waals surface area contributed by atoms with Crippen LogP contribution in [0.3, 0.4) is 0 Å². The van der Waals surface area contributed by atoms with Crippen molar-refractivity contribution in [2.45, 2.75) is 90.6 Å². The number of esters is 1. The molecule has 0 unspecified atom stereocenters. The van der Waals surface area contributed by atoms with E-state index in [0.29, 0.717) is 0 Å². The molecule has 0 aromatic carbocycles. The average Bonchev–Trinajstić information content (AvgIpc) is 2.26. The van der Waals surface area contributed by atoms with Crippen LogP contribution in [0.15, 0.2) is 0 Å². The van der Waals surface area contributed by atoms with Gasteiger partial charge in [-0.25, -0.2) is 0 Å². The lowest BCUT2D eigenvalue weighted by atomic mass is 9.87. The normalized spacial score (nSPS) is 24.8. The van der Waals surface area contributed by atoms with E-state index < -0.39 is 8.32 Å². The van der Waals surface area contributed by atoms with Crippen LogP contribution in [0.2, 0.25) is 18.1 Å². The van der Waals surface area contributed by atoms with Crippen LogP contribution in [0.1, 0.15) is 60.3 Å². The predicted molar refractivity (Wildman–Crippen MR) is 85.3 cm³/mol. The summed E-state index contributed by atoms with van der Waals surface area (Å²) in [5.41, 5.74) is 0. The number of rotatable bonds is 4. The molecule has 0 N–H and O–H groups in total. The van der Waals surface area contributed by atoms with Gasteiger partial charge in [-0.3, -0.25) is 4.79 Å². The van der Waals surface area contributed by atoms with E-state index in [-0.39, 0.29) is 29.1 Å². The molecule has 0 aromatic rings. The van der Waals surface area contributed by atoms with Gasteiger partial charge in [-0.05, 0) is 51.2 Å². The molecule has 1 aliphatic rings. The molecule has 0 radical (unpaired) electrons. The molecule has 0 heterocycles. The van der Waals surface area contributed by atoms with Crippen molar-refractivity contribution in [2.75, 3.05) is 0 Å². The second kappa shape index (κ2) is 6.61. The van der Waals surface area contributed by atoms with Crippen LogP contribution in [0, 0.1) is 5.92 Å². The third kappa shape index (κ3) is 4.88. The highest BCUT2D eigenvalue weighted by Crippen LogP contribution is 2.39. The second-order valence-corrected chi connectivity index (χ2v) is 12.6. The standard InChI is InChI=1S/C16H32O3Si/c1-12(2)18-15(17)13-9-8-10-14(11-13)19-20(6,7)16(3,4)5/h12-14H,8-11H2,1-7H3/t13-,14+/m0/s1. The molecule has 0 spiro atoms. The van der Waals surface area contributed by atoms with Crippen LogP contribution in [0.25, 0.3) is 0 Å². The van der Waals surface area contributed by atoms with Crippen molar-refractivity contribution >= 4 is 14.3 Å². The molecule has 4 heteroatoms. The Bertz CT molecular complexity index is 331. The molecule has 118 valence electrons. The van der Waals surface area contributed by atoms with E-state index in [1.807, 2.05) is 13.8 Å². The third-order valence-electron chi connectivity index (χ3n) is 4.58. The zero-order valence-electron chi connectivity index (χ0n) is 14.3. The van der Waals surface area contributed by atoms with Gasteiger partial charge in [-0.2, -0.15) is 0 Å². The Labute approximate surface area is 125 Å². The highest BCUT2D eigenvalue weighted by Gasteiger charge is 2.40. The average molecular weight is 301 g/mol. The zero-order valence-corrected chi connectivity index (χ0v) is 15.3. The molecule has 0 aliphatic heterocycles. The lowest BCUT2D eigenvalue weighted by Crippen LogP contribution is -2.45. The Morgan fingerprint density at radius 1 is 1.20 bits per heavy atom. The highest BCUT2D eigenvalue weighted by atomic mass is 28.4. The summed E-state index contributed by atoms with van der Waals surface area (Å²) in [6, 6.07) is 0. The van der Waals surface area contributed by atoms with Crippen LogP contribution < -0.4 is 0 Å². The van der Waals surface area contributed by atoms with Crippen molar-refractivity contribution in [3.63, 3.8) is 0 Å². The third-order valence-corrected chi connectivity index (χ3v) is 9.11. The van der Waals surface area contributed by atoms with E-state index in [0.717, 1.165) is 25.7 Å². The molecule has 0 bridgehead atoms. The van der Waals surface area contributed by atoms with Crippen molar-refractivity contribution in [1.82, 2.24) is 0 Å². The van der Waals surface area contributed by atoms with Crippen LogP contribution >= 0.6 is 0 Å². The maximum absolute atomic E-state index is 12.1. The highest BCUT2D eigenvalue weighted by molar-refractivity contribution is 6.74. The summed E-state index contributed by atoms with van der Waals surface area (Å²) in [7, 11) is -1.74. The van der Waals surface area contributed by atoms with Gasteiger partial charge in [0.05, 0.1) is 12.0 Å². The molecule has 0 amide bonds. The summed E-state index contributed by atoms with van der Waals surface area (Å²) in [6.45, 7) is 15.1. The smallest absolute Gasteiger partial charge is 0.309 e. The van der Waals surface area contributed by atoms with E-state index in [4.69, 9.17) is 9.16 Å². The first kappa shape index (κ1) is 17.7. The SMILES string of the molecule is CC(C)OC(=O)[C@H]1CCC[C@@H](O[Si](C)(C)C(C)(C)C)C1. The van der Waals surface area contributed by atoms with Crippen molar-refractivity contribution in [1.29, 1.82) is 0 Å². The quantitative estimate of drug-likeness (QED) is 0.565. The van der Waals surface area contributed by atoms with Gasteiger partial charge in [-0.1, -0.05) is 27.2 Å². The van der Waals surface area contributed by atoms with Gasteiger partial charge in [0.2, 0.25) is 0 Å². The molecule has 20 heavy (non-hydrogen) atoms. The van der Waals surface area contributed by atoms with Gasteiger partial charge in [0.25, 0.3) is 0 Å². The van der Waals surface area contributed by atoms with Gasteiger partial charge in [0.15, 0.2) is 8.32 Å². The summed E-state index contributed by atoms with van der Waals surface area (Å²) >= 11 is 0. The minimum atomic E-state index is -1.74. The molecule has 1 fully saturated rings. The van der Waals surface area contributed by atoms with E-state index in [9.17, 15) is 4.79 Å². The van der Waals surface area contributed by atoms with Gasteiger partial charge in [-0.15, -0.1) is 0 Å². The first-order valence-electron chi connectivity index (χ1n) is 7.91. The van der Waals surface area contributed by atoms with Gasteiger partial charge >= 0.3 is 5.97 Å². The van der Waals surface area contributed by atoms with Gasteiger partial charge in [0.1, 0.15) is 0 Å². The van der Waals surface area contributed by atoms with Gasteiger partial charge < -0.3 is 9.16 Å². The maximum Gasteiger partial charge on any atom is 0.309 e. The zero-order chi connectivity index (χ0) is 15.6. The fourth-order valence-corrected chi connectivity index (χ4v) is 3.79. The van der Waals surface area contributed by atoms with Crippen molar-refractivity contribution in [3.8, 4) is 0 Å². The summed E-state index contributed by atoms with van der Waals surface area (Å²) in [6.07, 6.45) is 4.13. The lowest BCUT2D eigenvalue weighted by Gasteiger charge is -2.41. The number of carbonyl (C=O) groups excluding carboxylic acids is 1. The van der Waals surface area contributed by atoms with Crippen molar-refractivity contribution < 1.29 is 14.0 Å². The molecule has 1 saturated carbocycles. The summed E-state index contributed by atoms with van der Waals surface area (Å²) in [5.74, 6) is -0.00977. The molecule has 0 aromatic heterocycles. The largest absolute Gasteiger partial charge is 0.463 e. The number of hydrogen-bond donors (Lipinski definition) is 0. The molecular weight excluding hydrogens is 268 g/mol. The summed E-state index contributed by atoms with van der Waals surface area (Å²) < 4.78 is 11.8. The number of ether oxygens (including phenoxy) is 1. The van der Waals surface area contributed by atoms with Crippen LogP contribution in [0.4, 0.5) is 0 Å². The molecule has 2 atom stereocenters. The second-order valence-electron chi connectivity index (χ2n) is 7.85.